The van der Waals surface area contributed by atoms with E-state index in [4.69, 9.17) is 42.6 Å². The average Bonchev–Trinajstić information content (AvgIpc) is 3.10. The van der Waals surface area contributed by atoms with Crippen molar-refractivity contribution in [3.05, 3.63) is 91.6 Å². The monoisotopic (exact) mass is 670 g/mol. The summed E-state index contributed by atoms with van der Waals surface area (Å²) in [6.45, 7) is 10.8. The van der Waals surface area contributed by atoms with Crippen molar-refractivity contribution < 1.29 is 62.4 Å². The van der Waals surface area contributed by atoms with Crippen LogP contribution in [-0.4, -0.2) is 100 Å². The molecule has 1 aliphatic rings. The third-order valence-electron chi connectivity index (χ3n) is 6.79. The summed E-state index contributed by atoms with van der Waals surface area (Å²) in [5.74, 6) is 1.13. The van der Waals surface area contributed by atoms with Gasteiger partial charge in [-0.2, -0.15) is 0 Å². The third kappa shape index (κ3) is 11.2. The Morgan fingerprint density at radius 2 is 1.52 bits per heavy atom. The van der Waals surface area contributed by atoms with Crippen molar-refractivity contribution in [2.45, 2.75) is 37.1 Å². The standard InChI is InChI=1S/C35H42O13/c1-6-16-42-26-13-10-24(21-28(26)43-17-7-2)15-19-44-34-32(38)31(37)33(29(47-34)22-46-35(39)45-18-8-3)48-30(36)14-11-23-9-12-25(40-4)27(20-23)41-5/h6-14,20-21,29,31-34,37-38H,1-3,15-19,22H2,4-5H3/t29-,31-,32-,33-,34-/m1/s1. The predicted octanol–water partition coefficient (Wildman–Crippen LogP) is 3.80. The van der Waals surface area contributed by atoms with Crippen molar-refractivity contribution in [3.8, 4) is 23.0 Å². The minimum Gasteiger partial charge on any atom is -0.493 e. The second kappa shape index (κ2) is 19.8. The fraction of sp³-hybridized carbons (Fsp3) is 0.371. The van der Waals surface area contributed by atoms with Gasteiger partial charge in [0, 0.05) is 6.08 Å². The molecule has 0 unspecified atom stereocenters. The van der Waals surface area contributed by atoms with E-state index in [9.17, 15) is 19.8 Å². The van der Waals surface area contributed by atoms with Gasteiger partial charge < -0.3 is 52.8 Å². The number of aliphatic hydroxyl groups is 2. The molecule has 1 aliphatic heterocycles. The fourth-order valence-electron chi connectivity index (χ4n) is 4.47. The summed E-state index contributed by atoms with van der Waals surface area (Å²) in [5, 5.41) is 21.9. The van der Waals surface area contributed by atoms with Crippen molar-refractivity contribution in [3.63, 3.8) is 0 Å². The molecule has 48 heavy (non-hydrogen) atoms. The molecular formula is C35H42O13. The summed E-state index contributed by atoms with van der Waals surface area (Å²) in [6.07, 6.45) is -0.823. The van der Waals surface area contributed by atoms with Crippen LogP contribution in [0.4, 0.5) is 4.79 Å². The van der Waals surface area contributed by atoms with Gasteiger partial charge in [0.2, 0.25) is 0 Å². The molecule has 1 heterocycles. The SMILES string of the molecule is C=CCOC(=O)OC[C@H]1O[C@@H](OCCc2ccc(OCC=C)c(OCC=C)c2)[C@H](O)[C@@H](O)[C@@H]1OC(=O)C=Cc1ccc(OC)c(OC)c1. The van der Waals surface area contributed by atoms with E-state index in [0.29, 0.717) is 41.6 Å². The van der Waals surface area contributed by atoms with Gasteiger partial charge in [0.1, 0.15) is 44.7 Å². The number of hydrogen-bond donors (Lipinski definition) is 2. The van der Waals surface area contributed by atoms with Crippen LogP contribution in [0, 0.1) is 0 Å². The van der Waals surface area contributed by atoms with E-state index in [1.165, 1.54) is 26.4 Å². The van der Waals surface area contributed by atoms with Gasteiger partial charge in [-0.3, -0.25) is 0 Å². The molecule has 1 fully saturated rings. The van der Waals surface area contributed by atoms with Crippen molar-refractivity contribution >= 4 is 18.2 Å². The van der Waals surface area contributed by atoms with Gasteiger partial charge in [-0.1, -0.05) is 50.1 Å². The van der Waals surface area contributed by atoms with Crippen LogP contribution in [0.25, 0.3) is 6.08 Å². The molecule has 0 radical (unpaired) electrons. The number of methoxy groups -OCH3 is 2. The Hall–Kier alpha value is -4.82. The van der Waals surface area contributed by atoms with E-state index in [0.717, 1.165) is 11.6 Å². The summed E-state index contributed by atoms with van der Waals surface area (Å²) in [4.78, 5) is 24.8. The van der Waals surface area contributed by atoms with Crippen LogP contribution in [-0.2, 0) is 34.9 Å². The second-order valence-electron chi connectivity index (χ2n) is 10.1. The number of ether oxygens (including phenoxy) is 9. The van der Waals surface area contributed by atoms with E-state index in [-0.39, 0.29) is 19.8 Å². The summed E-state index contributed by atoms with van der Waals surface area (Å²) < 4.78 is 48.9. The third-order valence-corrected chi connectivity index (χ3v) is 6.79. The maximum absolute atomic E-state index is 12.8. The van der Waals surface area contributed by atoms with Crippen LogP contribution in [0.1, 0.15) is 11.1 Å². The molecule has 13 heteroatoms. The van der Waals surface area contributed by atoms with Crippen LogP contribution in [0.15, 0.2) is 80.4 Å². The molecule has 0 aromatic heterocycles. The van der Waals surface area contributed by atoms with Crippen LogP contribution >= 0.6 is 0 Å². The highest BCUT2D eigenvalue weighted by atomic mass is 16.7. The molecule has 13 nitrogen and oxygen atoms in total. The number of carbonyl (C=O) groups excluding carboxylic acids is 2. The van der Waals surface area contributed by atoms with Gasteiger partial charge in [0.15, 0.2) is 35.4 Å². The minimum atomic E-state index is -1.67. The first-order chi connectivity index (χ1) is 23.2. The maximum atomic E-state index is 12.8. The molecule has 0 bridgehead atoms. The lowest BCUT2D eigenvalue weighted by Gasteiger charge is -2.41. The Balaban J connectivity index is 1.69. The van der Waals surface area contributed by atoms with E-state index in [1.807, 2.05) is 6.07 Å². The Morgan fingerprint density at radius 1 is 0.833 bits per heavy atom. The van der Waals surface area contributed by atoms with Gasteiger partial charge in [-0.05, 0) is 47.9 Å². The summed E-state index contributed by atoms with van der Waals surface area (Å²) in [5.41, 5.74) is 1.42. The normalized spacial score (nSPS) is 20.3. The summed E-state index contributed by atoms with van der Waals surface area (Å²) in [6, 6.07) is 10.4. The zero-order valence-electron chi connectivity index (χ0n) is 27.0. The van der Waals surface area contributed by atoms with Crippen molar-refractivity contribution in [2.24, 2.45) is 0 Å². The predicted molar refractivity (Wildman–Crippen MR) is 174 cm³/mol. The highest BCUT2D eigenvalue weighted by molar-refractivity contribution is 5.87. The average molecular weight is 671 g/mol. The van der Waals surface area contributed by atoms with Crippen LogP contribution in [0.2, 0.25) is 0 Å². The molecule has 0 saturated carbocycles. The number of hydrogen-bond acceptors (Lipinski definition) is 13. The van der Waals surface area contributed by atoms with Crippen molar-refractivity contribution in [2.75, 3.05) is 47.3 Å². The minimum absolute atomic E-state index is 0.0513. The molecule has 2 aromatic carbocycles. The molecule has 2 aromatic rings. The van der Waals surface area contributed by atoms with Crippen LogP contribution in [0.3, 0.4) is 0 Å². The van der Waals surface area contributed by atoms with Gasteiger partial charge >= 0.3 is 12.1 Å². The lowest BCUT2D eigenvalue weighted by Crippen LogP contribution is -2.60. The maximum Gasteiger partial charge on any atom is 0.508 e. The Morgan fingerprint density at radius 3 is 2.21 bits per heavy atom. The topological polar surface area (TPSA) is 158 Å². The first kappa shape index (κ1) is 37.6. The number of esters is 1. The van der Waals surface area contributed by atoms with Gasteiger partial charge in [-0.25, -0.2) is 9.59 Å². The largest absolute Gasteiger partial charge is 0.508 e. The molecule has 0 spiro atoms. The van der Waals surface area contributed by atoms with E-state index in [2.05, 4.69) is 19.7 Å². The Kier molecular flexibility index (Phi) is 15.5. The van der Waals surface area contributed by atoms with Crippen molar-refractivity contribution in [1.29, 1.82) is 0 Å². The number of benzene rings is 2. The smallest absolute Gasteiger partial charge is 0.493 e. The molecule has 2 N–H and O–H groups in total. The number of rotatable bonds is 19. The molecule has 1 saturated heterocycles. The Bertz CT molecular complexity index is 1400. The van der Waals surface area contributed by atoms with E-state index in [1.54, 1.807) is 42.5 Å². The van der Waals surface area contributed by atoms with Gasteiger partial charge in [-0.15, -0.1) is 0 Å². The lowest BCUT2D eigenvalue weighted by molar-refractivity contribution is -0.302. The highest BCUT2D eigenvalue weighted by Crippen LogP contribution is 2.30. The molecule has 260 valence electrons. The molecular weight excluding hydrogens is 628 g/mol. The zero-order chi connectivity index (χ0) is 34.9. The van der Waals surface area contributed by atoms with Crippen LogP contribution < -0.4 is 18.9 Å². The molecule has 0 amide bonds. The highest BCUT2D eigenvalue weighted by Gasteiger charge is 2.47. The fourth-order valence-corrected chi connectivity index (χ4v) is 4.47. The van der Waals surface area contributed by atoms with Gasteiger partial charge in [0.25, 0.3) is 0 Å². The zero-order valence-corrected chi connectivity index (χ0v) is 27.0. The quantitative estimate of drug-likeness (QED) is 0.126. The number of carbonyl (C=O) groups is 2. The Labute approximate surface area is 279 Å². The van der Waals surface area contributed by atoms with Gasteiger partial charge in [0.05, 0.1) is 20.8 Å². The van der Waals surface area contributed by atoms with E-state index >= 15 is 0 Å². The second-order valence-corrected chi connectivity index (χ2v) is 10.1. The molecule has 0 aliphatic carbocycles. The number of aliphatic hydroxyl groups excluding tert-OH is 2. The summed E-state index contributed by atoms with van der Waals surface area (Å²) >= 11 is 0. The van der Waals surface area contributed by atoms with Crippen LogP contribution in [0.5, 0.6) is 23.0 Å². The lowest BCUT2D eigenvalue weighted by atomic mass is 9.99. The van der Waals surface area contributed by atoms with Crippen molar-refractivity contribution in [1.82, 2.24) is 0 Å². The summed E-state index contributed by atoms with van der Waals surface area (Å²) in [7, 11) is 2.99. The molecule has 3 rings (SSSR count). The first-order valence-corrected chi connectivity index (χ1v) is 15.0. The van der Waals surface area contributed by atoms with E-state index < -0.39 is 49.4 Å². The first-order valence-electron chi connectivity index (χ1n) is 15.0. The molecule has 5 atom stereocenters.